The number of fused-ring (bicyclic) bond motifs is 1. The van der Waals surface area contributed by atoms with Gasteiger partial charge in [0.2, 0.25) is 10.0 Å². The molecule has 1 aromatic heterocycles. The molecular formula is C21H22N4O3S2. The molecule has 4 rings (SSSR count). The standard InChI is InChI=1S/C21H22N4O3S2/c1-2-25-20-7-6-18(30(26,27)24-8-10-28-11-9-24)13-19(20)23-21(25)29-15-17-5-3-4-16(12-17)14-22/h3-7,12-13H,2,8-11,15H2,1H3. The summed E-state index contributed by atoms with van der Waals surface area (Å²) in [6, 6.07) is 14.8. The Kier molecular flexibility index (Phi) is 6.11. The van der Waals surface area contributed by atoms with Gasteiger partial charge in [-0.15, -0.1) is 0 Å². The van der Waals surface area contributed by atoms with Gasteiger partial charge in [0.1, 0.15) is 0 Å². The van der Waals surface area contributed by atoms with E-state index in [0.717, 1.165) is 22.8 Å². The first-order chi connectivity index (χ1) is 14.5. The van der Waals surface area contributed by atoms with Crippen molar-refractivity contribution in [1.29, 1.82) is 5.26 Å². The first kappa shape index (κ1) is 20.9. The summed E-state index contributed by atoms with van der Waals surface area (Å²) in [4.78, 5) is 4.97. The molecule has 0 spiro atoms. The number of ether oxygens (including phenoxy) is 1. The summed E-state index contributed by atoms with van der Waals surface area (Å²) in [7, 11) is -3.56. The number of imidazole rings is 1. The van der Waals surface area contributed by atoms with Gasteiger partial charge in [-0.2, -0.15) is 9.57 Å². The monoisotopic (exact) mass is 442 g/mol. The van der Waals surface area contributed by atoms with E-state index in [4.69, 9.17) is 15.0 Å². The van der Waals surface area contributed by atoms with E-state index in [9.17, 15) is 8.42 Å². The summed E-state index contributed by atoms with van der Waals surface area (Å²) < 4.78 is 34.8. The fourth-order valence-corrected chi connectivity index (χ4v) is 5.93. The first-order valence-corrected chi connectivity index (χ1v) is 12.2. The number of benzene rings is 2. The van der Waals surface area contributed by atoms with E-state index in [2.05, 4.69) is 10.6 Å². The molecule has 9 heteroatoms. The van der Waals surface area contributed by atoms with Crippen LogP contribution in [-0.2, 0) is 27.1 Å². The third-order valence-corrected chi connectivity index (χ3v) is 7.97. The van der Waals surface area contributed by atoms with Crippen molar-refractivity contribution in [3.8, 4) is 6.07 Å². The molecule has 1 saturated heterocycles. The molecule has 0 saturated carbocycles. The molecule has 0 radical (unpaired) electrons. The minimum absolute atomic E-state index is 0.260. The van der Waals surface area contributed by atoms with E-state index in [1.165, 1.54) is 4.31 Å². The van der Waals surface area contributed by atoms with Gasteiger partial charge in [-0.3, -0.25) is 0 Å². The summed E-state index contributed by atoms with van der Waals surface area (Å²) >= 11 is 1.58. The zero-order chi connectivity index (χ0) is 21.1. The Morgan fingerprint density at radius 3 is 2.73 bits per heavy atom. The lowest BCUT2D eigenvalue weighted by Crippen LogP contribution is -2.40. The van der Waals surface area contributed by atoms with Crippen molar-refractivity contribution in [3.05, 3.63) is 53.6 Å². The van der Waals surface area contributed by atoms with Crippen molar-refractivity contribution >= 4 is 32.8 Å². The maximum absolute atomic E-state index is 13.0. The molecule has 3 aromatic rings. The van der Waals surface area contributed by atoms with Gasteiger partial charge in [0.15, 0.2) is 5.16 Å². The van der Waals surface area contributed by atoms with Gasteiger partial charge in [0.05, 0.1) is 40.8 Å². The van der Waals surface area contributed by atoms with Crippen LogP contribution >= 0.6 is 11.8 Å². The second-order valence-corrected chi connectivity index (χ2v) is 9.79. The van der Waals surface area contributed by atoms with E-state index in [1.54, 1.807) is 30.0 Å². The minimum atomic E-state index is -3.56. The second kappa shape index (κ2) is 8.78. The van der Waals surface area contributed by atoms with Crippen molar-refractivity contribution in [2.24, 2.45) is 0 Å². The first-order valence-electron chi connectivity index (χ1n) is 9.73. The van der Waals surface area contributed by atoms with Gasteiger partial charge in [0.25, 0.3) is 0 Å². The summed E-state index contributed by atoms with van der Waals surface area (Å²) in [5.41, 5.74) is 3.26. The van der Waals surface area contributed by atoms with Crippen molar-refractivity contribution in [1.82, 2.24) is 13.9 Å². The Labute approximate surface area is 180 Å². The van der Waals surface area contributed by atoms with Crippen LogP contribution in [0.2, 0.25) is 0 Å². The Balaban J connectivity index is 1.62. The highest BCUT2D eigenvalue weighted by Crippen LogP contribution is 2.29. The van der Waals surface area contributed by atoms with Crippen LogP contribution < -0.4 is 0 Å². The number of sulfonamides is 1. The van der Waals surface area contributed by atoms with E-state index in [-0.39, 0.29) is 4.90 Å². The normalized spacial score (nSPS) is 15.3. The highest BCUT2D eigenvalue weighted by atomic mass is 32.2. The molecule has 1 fully saturated rings. The van der Waals surface area contributed by atoms with Crippen molar-refractivity contribution < 1.29 is 13.2 Å². The Morgan fingerprint density at radius 2 is 2.00 bits per heavy atom. The van der Waals surface area contributed by atoms with Crippen LogP contribution in [0.25, 0.3) is 11.0 Å². The molecule has 0 unspecified atom stereocenters. The number of morpholine rings is 1. The number of aromatic nitrogens is 2. The van der Waals surface area contributed by atoms with E-state index >= 15 is 0 Å². The summed E-state index contributed by atoms with van der Waals surface area (Å²) in [5.74, 6) is 0.678. The number of thioether (sulfide) groups is 1. The van der Waals surface area contributed by atoms with E-state index in [1.807, 2.05) is 31.2 Å². The molecule has 1 aliphatic rings. The quantitative estimate of drug-likeness (QED) is 0.545. The highest BCUT2D eigenvalue weighted by Gasteiger charge is 2.27. The molecule has 0 bridgehead atoms. The number of hydrogen-bond acceptors (Lipinski definition) is 6. The van der Waals surface area contributed by atoms with E-state index < -0.39 is 10.0 Å². The highest BCUT2D eigenvalue weighted by molar-refractivity contribution is 7.98. The van der Waals surface area contributed by atoms with Gasteiger partial charge in [-0.1, -0.05) is 23.9 Å². The van der Waals surface area contributed by atoms with Crippen LogP contribution in [-0.4, -0.2) is 48.6 Å². The molecule has 2 heterocycles. The molecule has 30 heavy (non-hydrogen) atoms. The van der Waals surface area contributed by atoms with Crippen LogP contribution in [0.1, 0.15) is 18.1 Å². The zero-order valence-electron chi connectivity index (χ0n) is 16.6. The van der Waals surface area contributed by atoms with Crippen LogP contribution in [0, 0.1) is 11.3 Å². The molecule has 2 aromatic carbocycles. The van der Waals surface area contributed by atoms with Gasteiger partial charge < -0.3 is 9.30 Å². The molecular weight excluding hydrogens is 420 g/mol. The third kappa shape index (κ3) is 4.09. The van der Waals surface area contributed by atoms with Crippen LogP contribution in [0.15, 0.2) is 52.5 Å². The largest absolute Gasteiger partial charge is 0.379 e. The second-order valence-electron chi connectivity index (χ2n) is 6.91. The number of aryl methyl sites for hydroxylation is 1. The SMILES string of the molecule is CCn1c(SCc2cccc(C#N)c2)nc2cc(S(=O)(=O)N3CCOCC3)ccc21. The molecule has 0 N–H and O–H groups in total. The molecule has 0 atom stereocenters. The number of nitriles is 1. The number of rotatable bonds is 6. The van der Waals surface area contributed by atoms with Crippen molar-refractivity contribution in [2.45, 2.75) is 29.3 Å². The predicted molar refractivity (Wildman–Crippen MR) is 116 cm³/mol. The lowest BCUT2D eigenvalue weighted by atomic mass is 10.2. The maximum Gasteiger partial charge on any atom is 0.243 e. The Hall–Kier alpha value is -2.38. The average Bonchev–Trinajstić information content (AvgIpc) is 3.15. The zero-order valence-corrected chi connectivity index (χ0v) is 18.2. The molecule has 0 aliphatic carbocycles. The fraction of sp³-hybridized carbons (Fsp3) is 0.333. The molecule has 0 amide bonds. The lowest BCUT2D eigenvalue weighted by molar-refractivity contribution is 0.0730. The topological polar surface area (TPSA) is 88.2 Å². The van der Waals surface area contributed by atoms with Gasteiger partial charge in [-0.05, 0) is 42.8 Å². The lowest BCUT2D eigenvalue weighted by Gasteiger charge is -2.26. The summed E-state index contributed by atoms with van der Waals surface area (Å²) in [6.45, 7) is 4.34. The average molecular weight is 443 g/mol. The third-order valence-electron chi connectivity index (χ3n) is 5.03. The Bertz CT molecular complexity index is 1210. The number of nitrogens with zero attached hydrogens (tertiary/aromatic N) is 4. The van der Waals surface area contributed by atoms with Crippen molar-refractivity contribution in [2.75, 3.05) is 26.3 Å². The van der Waals surface area contributed by atoms with Crippen molar-refractivity contribution in [3.63, 3.8) is 0 Å². The maximum atomic E-state index is 13.0. The fourth-order valence-electron chi connectivity index (χ4n) is 3.48. The van der Waals surface area contributed by atoms with Gasteiger partial charge >= 0.3 is 0 Å². The van der Waals surface area contributed by atoms with Gasteiger partial charge in [0, 0.05) is 25.4 Å². The summed E-state index contributed by atoms with van der Waals surface area (Å²) in [6.07, 6.45) is 0. The Morgan fingerprint density at radius 1 is 1.20 bits per heavy atom. The van der Waals surface area contributed by atoms with Crippen LogP contribution in [0.5, 0.6) is 0 Å². The predicted octanol–water partition coefficient (Wildman–Crippen LogP) is 3.24. The number of hydrogen-bond donors (Lipinski definition) is 0. The molecule has 7 nitrogen and oxygen atoms in total. The van der Waals surface area contributed by atoms with Crippen LogP contribution in [0.3, 0.4) is 0 Å². The minimum Gasteiger partial charge on any atom is -0.379 e. The molecule has 156 valence electrons. The van der Waals surface area contributed by atoms with E-state index in [0.29, 0.717) is 43.1 Å². The smallest absolute Gasteiger partial charge is 0.243 e. The molecule has 1 aliphatic heterocycles. The summed E-state index contributed by atoms with van der Waals surface area (Å²) in [5, 5.41) is 9.91. The van der Waals surface area contributed by atoms with Gasteiger partial charge in [-0.25, -0.2) is 13.4 Å². The van der Waals surface area contributed by atoms with Crippen LogP contribution in [0.4, 0.5) is 0 Å².